The van der Waals surface area contributed by atoms with Gasteiger partial charge in [-0.05, 0) is 30.9 Å². The number of anilines is 1. The van der Waals surface area contributed by atoms with Crippen molar-refractivity contribution in [2.75, 3.05) is 11.9 Å². The molecule has 94 valence electrons. The molecule has 0 saturated heterocycles. The molecule has 1 fully saturated rings. The summed E-state index contributed by atoms with van der Waals surface area (Å²) in [5.41, 5.74) is 7.37. The summed E-state index contributed by atoms with van der Waals surface area (Å²) in [6.45, 7) is 3.03. The Hall–Kier alpha value is -1.02. The van der Waals surface area contributed by atoms with Gasteiger partial charge in [0.25, 0.3) is 0 Å². The molecule has 17 heavy (non-hydrogen) atoms. The van der Waals surface area contributed by atoms with E-state index in [0.717, 1.165) is 12.5 Å². The molecule has 0 aliphatic heterocycles. The molecule has 0 radical (unpaired) electrons. The zero-order chi connectivity index (χ0) is 12.1. The van der Waals surface area contributed by atoms with Crippen LogP contribution in [0.5, 0.6) is 0 Å². The standard InChI is InChI=1S/C15H24N2/c1-2-13-7-6-10-15(11-13,12-16)17-14-8-4-3-5-9-14/h3-5,8-9,13,17H,2,6-7,10-12,16H2,1H3. The van der Waals surface area contributed by atoms with Crippen LogP contribution in [-0.4, -0.2) is 12.1 Å². The average molecular weight is 232 g/mol. The predicted molar refractivity (Wildman–Crippen MR) is 74.1 cm³/mol. The van der Waals surface area contributed by atoms with E-state index in [2.05, 4.69) is 42.6 Å². The topological polar surface area (TPSA) is 38.0 Å². The zero-order valence-electron chi connectivity index (χ0n) is 10.8. The van der Waals surface area contributed by atoms with Crippen molar-refractivity contribution in [3.05, 3.63) is 30.3 Å². The van der Waals surface area contributed by atoms with Crippen LogP contribution >= 0.6 is 0 Å². The van der Waals surface area contributed by atoms with Gasteiger partial charge in [-0.1, -0.05) is 44.4 Å². The number of para-hydroxylation sites is 1. The summed E-state index contributed by atoms with van der Waals surface area (Å²) in [4.78, 5) is 0. The Kier molecular flexibility index (Phi) is 4.06. The summed E-state index contributed by atoms with van der Waals surface area (Å²) in [5, 5.41) is 3.68. The van der Waals surface area contributed by atoms with Gasteiger partial charge in [0.1, 0.15) is 0 Å². The summed E-state index contributed by atoms with van der Waals surface area (Å²) >= 11 is 0. The van der Waals surface area contributed by atoms with Crippen LogP contribution in [0.3, 0.4) is 0 Å². The summed E-state index contributed by atoms with van der Waals surface area (Å²) in [6, 6.07) is 10.5. The van der Waals surface area contributed by atoms with E-state index in [0.29, 0.717) is 0 Å². The quantitative estimate of drug-likeness (QED) is 0.835. The minimum atomic E-state index is 0.125. The first-order valence-electron chi connectivity index (χ1n) is 6.81. The van der Waals surface area contributed by atoms with Gasteiger partial charge in [0.15, 0.2) is 0 Å². The molecule has 2 unspecified atom stereocenters. The van der Waals surface area contributed by atoms with E-state index in [1.54, 1.807) is 0 Å². The lowest BCUT2D eigenvalue weighted by Gasteiger charge is -2.41. The molecule has 2 heteroatoms. The second-order valence-electron chi connectivity index (χ2n) is 5.35. The lowest BCUT2D eigenvalue weighted by Crippen LogP contribution is -2.49. The molecule has 2 rings (SSSR count). The summed E-state index contributed by atoms with van der Waals surface area (Å²) < 4.78 is 0. The molecule has 3 N–H and O–H groups in total. The van der Waals surface area contributed by atoms with E-state index in [4.69, 9.17) is 5.73 Å². The van der Waals surface area contributed by atoms with Crippen LogP contribution in [0.1, 0.15) is 39.0 Å². The second kappa shape index (κ2) is 5.54. The highest BCUT2D eigenvalue weighted by atomic mass is 15.0. The van der Waals surface area contributed by atoms with Crippen LogP contribution in [0.2, 0.25) is 0 Å². The molecular formula is C15H24N2. The molecule has 1 aromatic rings. The molecular weight excluding hydrogens is 208 g/mol. The van der Waals surface area contributed by atoms with Crippen LogP contribution in [-0.2, 0) is 0 Å². The third-order valence-corrected chi connectivity index (χ3v) is 4.10. The van der Waals surface area contributed by atoms with Gasteiger partial charge >= 0.3 is 0 Å². The average Bonchev–Trinajstić information content (AvgIpc) is 2.40. The molecule has 1 aromatic carbocycles. The second-order valence-corrected chi connectivity index (χ2v) is 5.35. The SMILES string of the molecule is CCC1CCCC(CN)(Nc2ccccc2)C1. The van der Waals surface area contributed by atoms with Gasteiger partial charge in [-0.15, -0.1) is 0 Å². The number of benzene rings is 1. The van der Waals surface area contributed by atoms with Crippen molar-refractivity contribution in [1.29, 1.82) is 0 Å². The van der Waals surface area contributed by atoms with Gasteiger partial charge in [-0.2, -0.15) is 0 Å². The van der Waals surface area contributed by atoms with Gasteiger partial charge in [-0.3, -0.25) is 0 Å². The van der Waals surface area contributed by atoms with Gasteiger partial charge in [0.05, 0.1) is 0 Å². The Morgan fingerprint density at radius 1 is 1.35 bits per heavy atom. The van der Waals surface area contributed by atoms with E-state index in [1.807, 2.05) is 0 Å². The van der Waals surface area contributed by atoms with E-state index in [9.17, 15) is 0 Å². The van der Waals surface area contributed by atoms with Crippen molar-refractivity contribution < 1.29 is 0 Å². The van der Waals surface area contributed by atoms with Crippen molar-refractivity contribution in [1.82, 2.24) is 0 Å². The largest absolute Gasteiger partial charge is 0.378 e. The number of hydrogen-bond acceptors (Lipinski definition) is 2. The van der Waals surface area contributed by atoms with Crippen molar-refractivity contribution in [2.45, 2.75) is 44.6 Å². The van der Waals surface area contributed by atoms with Crippen molar-refractivity contribution in [3.63, 3.8) is 0 Å². The van der Waals surface area contributed by atoms with E-state index >= 15 is 0 Å². The lowest BCUT2D eigenvalue weighted by molar-refractivity contribution is 0.244. The lowest BCUT2D eigenvalue weighted by atomic mass is 9.74. The van der Waals surface area contributed by atoms with Crippen LogP contribution in [0.25, 0.3) is 0 Å². The third-order valence-electron chi connectivity index (χ3n) is 4.10. The Morgan fingerprint density at radius 2 is 2.12 bits per heavy atom. The highest BCUT2D eigenvalue weighted by Gasteiger charge is 2.34. The Bertz CT molecular complexity index is 336. The highest BCUT2D eigenvalue weighted by Crippen LogP contribution is 2.35. The van der Waals surface area contributed by atoms with Crippen LogP contribution in [0, 0.1) is 5.92 Å². The van der Waals surface area contributed by atoms with Crippen molar-refractivity contribution in [3.8, 4) is 0 Å². The van der Waals surface area contributed by atoms with Crippen molar-refractivity contribution >= 4 is 5.69 Å². The Morgan fingerprint density at radius 3 is 2.76 bits per heavy atom. The number of rotatable bonds is 4. The maximum Gasteiger partial charge on any atom is 0.0498 e. The Balaban J connectivity index is 2.08. The van der Waals surface area contributed by atoms with E-state index < -0.39 is 0 Å². The summed E-state index contributed by atoms with van der Waals surface area (Å²) in [6.07, 6.45) is 6.37. The number of hydrogen-bond donors (Lipinski definition) is 2. The third kappa shape index (κ3) is 3.01. The van der Waals surface area contributed by atoms with Crippen molar-refractivity contribution in [2.24, 2.45) is 11.7 Å². The maximum absolute atomic E-state index is 6.04. The molecule has 2 nitrogen and oxygen atoms in total. The Labute approximate surface area is 105 Å². The molecule has 0 amide bonds. The molecule has 0 heterocycles. The maximum atomic E-state index is 6.04. The van der Waals surface area contributed by atoms with Gasteiger partial charge in [0, 0.05) is 17.8 Å². The molecule has 0 spiro atoms. The first-order chi connectivity index (χ1) is 8.28. The first kappa shape index (κ1) is 12.4. The monoisotopic (exact) mass is 232 g/mol. The van der Waals surface area contributed by atoms with E-state index in [-0.39, 0.29) is 5.54 Å². The fraction of sp³-hybridized carbons (Fsp3) is 0.600. The van der Waals surface area contributed by atoms with Crippen LogP contribution in [0.4, 0.5) is 5.69 Å². The minimum Gasteiger partial charge on any atom is -0.378 e. The minimum absolute atomic E-state index is 0.125. The molecule has 0 aromatic heterocycles. The van der Waals surface area contributed by atoms with Gasteiger partial charge in [0.2, 0.25) is 0 Å². The van der Waals surface area contributed by atoms with Gasteiger partial charge < -0.3 is 11.1 Å². The van der Waals surface area contributed by atoms with Crippen LogP contribution < -0.4 is 11.1 Å². The number of nitrogens with two attached hydrogens (primary N) is 1. The molecule has 0 bridgehead atoms. The summed E-state index contributed by atoms with van der Waals surface area (Å²) in [7, 11) is 0. The van der Waals surface area contributed by atoms with E-state index in [1.165, 1.54) is 37.8 Å². The highest BCUT2D eigenvalue weighted by molar-refractivity contribution is 5.45. The first-order valence-corrected chi connectivity index (χ1v) is 6.81. The molecule has 2 atom stereocenters. The predicted octanol–water partition coefficient (Wildman–Crippen LogP) is 3.40. The fourth-order valence-electron chi connectivity index (χ4n) is 3.01. The molecule has 1 aliphatic rings. The smallest absolute Gasteiger partial charge is 0.0498 e. The molecule has 1 saturated carbocycles. The normalized spacial score (nSPS) is 28.9. The zero-order valence-corrected chi connectivity index (χ0v) is 10.8. The van der Waals surface area contributed by atoms with Gasteiger partial charge in [-0.25, -0.2) is 0 Å². The summed E-state index contributed by atoms with van der Waals surface area (Å²) in [5.74, 6) is 0.837. The van der Waals surface area contributed by atoms with Crippen LogP contribution in [0.15, 0.2) is 30.3 Å². The fourth-order valence-corrected chi connectivity index (χ4v) is 3.01. The molecule has 1 aliphatic carbocycles. The number of nitrogens with one attached hydrogen (secondary N) is 1.